The van der Waals surface area contributed by atoms with E-state index in [1.165, 1.54) is 0 Å². The Kier molecular flexibility index (Phi) is 3.91. The molecule has 0 aliphatic carbocycles. The van der Waals surface area contributed by atoms with Gasteiger partial charge in [0, 0.05) is 55.6 Å². The molecule has 0 atom stereocenters. The molecule has 2 aromatic heterocycles. The van der Waals surface area contributed by atoms with Crippen LogP contribution >= 0.6 is 0 Å². The smallest absolute Gasteiger partial charge is 0.244 e. The first-order valence-electron chi connectivity index (χ1n) is 11.2. The van der Waals surface area contributed by atoms with Gasteiger partial charge in [0.25, 0.3) is 0 Å². The van der Waals surface area contributed by atoms with Crippen LogP contribution in [0.25, 0.3) is 21.8 Å². The standard InChI is InChI=1S/C28H25N3O/c1-4-18-10-9-13-21-26(18)31-27(32)28(21,24-16(2)29-22-14-7-5-11-19(22)24)25-17(3)30-23-15-8-6-12-20(23)25/h5-15,29-30H,4H2,1-3H3,(H,31,32). The van der Waals surface area contributed by atoms with E-state index in [1.807, 2.05) is 24.3 Å². The predicted octanol–water partition coefficient (Wildman–Crippen LogP) is 6.11. The van der Waals surface area contributed by atoms with Gasteiger partial charge in [-0.1, -0.05) is 61.5 Å². The lowest BCUT2D eigenvalue weighted by Gasteiger charge is -2.30. The van der Waals surface area contributed by atoms with Crippen LogP contribution in [0.15, 0.2) is 66.7 Å². The second-order valence-corrected chi connectivity index (χ2v) is 8.74. The van der Waals surface area contributed by atoms with Gasteiger partial charge in [-0.2, -0.15) is 0 Å². The molecular weight excluding hydrogens is 394 g/mol. The molecule has 0 radical (unpaired) electrons. The lowest BCUT2D eigenvalue weighted by atomic mass is 9.68. The molecule has 3 heterocycles. The van der Waals surface area contributed by atoms with Crippen LogP contribution in [0.1, 0.15) is 40.6 Å². The van der Waals surface area contributed by atoms with E-state index in [0.717, 1.165) is 67.6 Å². The zero-order valence-electron chi connectivity index (χ0n) is 18.5. The first-order valence-corrected chi connectivity index (χ1v) is 11.2. The Balaban J connectivity index is 1.85. The van der Waals surface area contributed by atoms with Crippen molar-refractivity contribution in [3.8, 4) is 0 Å². The number of nitrogens with one attached hydrogen (secondary N) is 3. The number of hydrogen-bond donors (Lipinski definition) is 3. The third kappa shape index (κ3) is 2.24. The average Bonchev–Trinajstić information content (AvgIpc) is 3.41. The highest BCUT2D eigenvalue weighted by Gasteiger charge is 2.54. The van der Waals surface area contributed by atoms with E-state index in [4.69, 9.17) is 0 Å². The number of fused-ring (bicyclic) bond motifs is 3. The fourth-order valence-electron chi connectivity index (χ4n) is 5.83. The molecule has 0 spiro atoms. The monoisotopic (exact) mass is 419 g/mol. The number of benzene rings is 3. The molecule has 0 saturated carbocycles. The van der Waals surface area contributed by atoms with Crippen molar-refractivity contribution in [2.75, 3.05) is 5.32 Å². The molecule has 3 aromatic carbocycles. The number of rotatable bonds is 3. The van der Waals surface area contributed by atoms with Crippen molar-refractivity contribution >= 4 is 33.4 Å². The summed E-state index contributed by atoms with van der Waals surface area (Å²) in [6.07, 6.45) is 0.860. The van der Waals surface area contributed by atoms with Crippen LogP contribution in [0.2, 0.25) is 0 Å². The van der Waals surface area contributed by atoms with Crippen molar-refractivity contribution in [2.45, 2.75) is 32.6 Å². The Morgan fingerprint density at radius 1 is 0.750 bits per heavy atom. The zero-order valence-corrected chi connectivity index (χ0v) is 18.5. The summed E-state index contributed by atoms with van der Waals surface area (Å²) in [4.78, 5) is 21.4. The molecule has 1 aliphatic rings. The lowest BCUT2D eigenvalue weighted by molar-refractivity contribution is -0.118. The van der Waals surface area contributed by atoms with Crippen molar-refractivity contribution in [1.29, 1.82) is 0 Å². The van der Waals surface area contributed by atoms with Gasteiger partial charge in [0.15, 0.2) is 0 Å². The highest BCUT2D eigenvalue weighted by atomic mass is 16.2. The molecule has 32 heavy (non-hydrogen) atoms. The molecule has 0 bridgehead atoms. The Morgan fingerprint density at radius 3 is 1.88 bits per heavy atom. The van der Waals surface area contributed by atoms with Gasteiger partial charge in [0.2, 0.25) is 5.91 Å². The van der Waals surface area contributed by atoms with Gasteiger partial charge >= 0.3 is 0 Å². The van der Waals surface area contributed by atoms with Gasteiger partial charge < -0.3 is 15.3 Å². The largest absolute Gasteiger partial charge is 0.358 e. The molecule has 1 amide bonds. The number of para-hydroxylation sites is 3. The fourth-order valence-corrected chi connectivity index (χ4v) is 5.83. The Morgan fingerprint density at radius 2 is 1.31 bits per heavy atom. The highest BCUT2D eigenvalue weighted by Crippen LogP contribution is 2.54. The number of carbonyl (C=O) groups excluding carboxylic acids is 1. The van der Waals surface area contributed by atoms with Crippen LogP contribution in [0.3, 0.4) is 0 Å². The number of aromatic amines is 2. The number of hydrogen-bond acceptors (Lipinski definition) is 1. The molecule has 0 unspecified atom stereocenters. The Hall–Kier alpha value is -3.79. The van der Waals surface area contributed by atoms with E-state index in [0.29, 0.717) is 0 Å². The molecule has 3 N–H and O–H groups in total. The number of carbonyl (C=O) groups is 1. The first-order chi connectivity index (χ1) is 15.6. The van der Waals surface area contributed by atoms with Gasteiger partial charge in [0.1, 0.15) is 5.41 Å². The minimum absolute atomic E-state index is 0.00843. The van der Waals surface area contributed by atoms with Gasteiger partial charge in [-0.3, -0.25) is 4.79 Å². The summed E-state index contributed by atoms with van der Waals surface area (Å²) in [6.45, 7) is 6.29. The normalized spacial score (nSPS) is 14.8. The van der Waals surface area contributed by atoms with E-state index in [1.54, 1.807) is 0 Å². The summed E-state index contributed by atoms with van der Waals surface area (Å²) >= 11 is 0. The average molecular weight is 420 g/mol. The molecule has 4 heteroatoms. The maximum atomic E-state index is 14.3. The van der Waals surface area contributed by atoms with E-state index in [-0.39, 0.29) is 5.91 Å². The van der Waals surface area contributed by atoms with Crippen molar-refractivity contribution in [3.63, 3.8) is 0 Å². The first kappa shape index (κ1) is 18.9. The van der Waals surface area contributed by atoms with E-state index < -0.39 is 5.41 Å². The van der Waals surface area contributed by atoms with E-state index in [9.17, 15) is 4.79 Å². The number of H-pyrrole nitrogens is 2. The van der Waals surface area contributed by atoms with Crippen LogP contribution in [0, 0.1) is 13.8 Å². The molecular formula is C28H25N3O. The topological polar surface area (TPSA) is 60.7 Å². The zero-order chi connectivity index (χ0) is 22.0. The van der Waals surface area contributed by atoms with Crippen molar-refractivity contribution in [2.24, 2.45) is 0 Å². The van der Waals surface area contributed by atoms with Crippen LogP contribution in [0.5, 0.6) is 0 Å². The molecule has 6 rings (SSSR count). The third-order valence-electron chi connectivity index (χ3n) is 7.05. The molecule has 158 valence electrons. The van der Waals surface area contributed by atoms with Crippen molar-refractivity contribution in [3.05, 3.63) is 100 Å². The maximum Gasteiger partial charge on any atom is 0.244 e. The number of aromatic nitrogens is 2. The number of aryl methyl sites for hydroxylation is 3. The van der Waals surface area contributed by atoms with Gasteiger partial charge in [-0.05, 0) is 38.0 Å². The predicted molar refractivity (Wildman–Crippen MR) is 130 cm³/mol. The van der Waals surface area contributed by atoms with Crippen LogP contribution in [-0.2, 0) is 16.6 Å². The number of anilines is 1. The van der Waals surface area contributed by atoms with Gasteiger partial charge in [0.05, 0.1) is 0 Å². The molecule has 0 fully saturated rings. The highest BCUT2D eigenvalue weighted by molar-refractivity contribution is 6.16. The van der Waals surface area contributed by atoms with Crippen molar-refractivity contribution < 1.29 is 4.79 Å². The molecule has 4 nitrogen and oxygen atoms in total. The maximum absolute atomic E-state index is 14.3. The van der Waals surface area contributed by atoms with Gasteiger partial charge in [-0.25, -0.2) is 0 Å². The van der Waals surface area contributed by atoms with Gasteiger partial charge in [-0.15, -0.1) is 0 Å². The summed E-state index contributed by atoms with van der Waals surface area (Å²) < 4.78 is 0. The summed E-state index contributed by atoms with van der Waals surface area (Å²) in [6, 6.07) is 22.9. The summed E-state index contributed by atoms with van der Waals surface area (Å²) in [5.41, 5.74) is 8.38. The van der Waals surface area contributed by atoms with Crippen molar-refractivity contribution in [1.82, 2.24) is 9.97 Å². The second-order valence-electron chi connectivity index (χ2n) is 8.74. The molecule has 1 aliphatic heterocycles. The Bertz CT molecular complexity index is 1460. The lowest BCUT2D eigenvalue weighted by Crippen LogP contribution is -2.38. The molecule has 0 saturated heterocycles. The Labute approximate surface area is 186 Å². The quantitative estimate of drug-likeness (QED) is 0.324. The van der Waals surface area contributed by atoms with Crippen LogP contribution < -0.4 is 5.32 Å². The summed E-state index contributed by atoms with van der Waals surface area (Å²) in [5, 5.41) is 5.47. The minimum Gasteiger partial charge on any atom is -0.358 e. The van der Waals surface area contributed by atoms with E-state index in [2.05, 4.69) is 78.5 Å². The second kappa shape index (κ2) is 6.60. The third-order valence-corrected chi connectivity index (χ3v) is 7.05. The number of amides is 1. The fraction of sp³-hybridized carbons (Fsp3) is 0.179. The minimum atomic E-state index is -0.951. The van der Waals surface area contributed by atoms with E-state index >= 15 is 0 Å². The van der Waals surface area contributed by atoms with Crippen LogP contribution in [0.4, 0.5) is 5.69 Å². The summed E-state index contributed by atoms with van der Waals surface area (Å²) in [5.74, 6) is 0.00843. The van der Waals surface area contributed by atoms with Crippen LogP contribution in [-0.4, -0.2) is 15.9 Å². The molecule has 5 aromatic rings. The summed E-state index contributed by atoms with van der Waals surface area (Å²) in [7, 11) is 0. The SMILES string of the molecule is CCc1cccc2c1NC(=O)C2(c1c(C)[nH]c2ccccc12)c1c(C)[nH]c2ccccc12.